The van der Waals surface area contributed by atoms with E-state index < -0.39 is 12.4 Å². The summed E-state index contributed by atoms with van der Waals surface area (Å²) < 4.78 is 30.3. The van der Waals surface area contributed by atoms with E-state index in [1.54, 1.807) is 6.07 Å². The van der Waals surface area contributed by atoms with Gasteiger partial charge in [-0.3, -0.25) is 4.79 Å². The van der Waals surface area contributed by atoms with Crippen LogP contribution >= 0.6 is 15.9 Å². The number of methoxy groups -OCH3 is 1. The van der Waals surface area contributed by atoms with Gasteiger partial charge in [0.15, 0.2) is 0 Å². The Balaban J connectivity index is 3.36. The minimum absolute atomic E-state index is 0.00345. The van der Waals surface area contributed by atoms with Gasteiger partial charge in [0.1, 0.15) is 0 Å². The molecular formula is C11H8BrF2NO2. The first-order valence-corrected chi connectivity index (χ1v) is 5.36. The summed E-state index contributed by atoms with van der Waals surface area (Å²) in [7, 11) is 1.16. The van der Waals surface area contributed by atoms with Gasteiger partial charge in [0.05, 0.1) is 25.2 Å². The molecule has 0 heterocycles. The lowest BCUT2D eigenvalue weighted by atomic mass is 9.99. The van der Waals surface area contributed by atoms with Gasteiger partial charge in [-0.05, 0) is 17.7 Å². The van der Waals surface area contributed by atoms with Crippen LogP contribution in [0.4, 0.5) is 8.78 Å². The normalized spacial score (nSPS) is 10.1. The number of benzene rings is 1. The number of carbonyl (C=O) groups excluding carboxylic acids is 1. The van der Waals surface area contributed by atoms with E-state index >= 15 is 0 Å². The van der Waals surface area contributed by atoms with Gasteiger partial charge < -0.3 is 4.74 Å². The van der Waals surface area contributed by atoms with Crippen LogP contribution in [0.3, 0.4) is 0 Å². The number of halogens is 3. The molecule has 3 nitrogen and oxygen atoms in total. The summed E-state index contributed by atoms with van der Waals surface area (Å²) in [5, 5.41) is 8.84. The quantitative estimate of drug-likeness (QED) is 0.807. The molecule has 0 atom stereocenters. The third-order valence-electron chi connectivity index (χ3n) is 2.19. The minimum atomic E-state index is -2.77. The third kappa shape index (κ3) is 3.01. The molecule has 0 aliphatic heterocycles. The highest BCUT2D eigenvalue weighted by Gasteiger charge is 2.22. The van der Waals surface area contributed by atoms with Gasteiger partial charge in [0.25, 0.3) is 6.43 Å². The van der Waals surface area contributed by atoms with Crippen LogP contribution in [0.2, 0.25) is 0 Å². The number of nitrogens with zero attached hydrogens (tertiary/aromatic N) is 1. The summed E-state index contributed by atoms with van der Waals surface area (Å²) in [6, 6.07) is 4.53. The van der Waals surface area contributed by atoms with Crippen molar-refractivity contribution in [3.8, 4) is 6.07 Å². The maximum atomic E-state index is 12.9. The standard InChI is InChI=1S/C11H8BrF2NO2/c1-17-9(16)4-7-6(5-15)2-3-8(12)10(7)11(13)14/h2-3,11H,4H2,1H3. The Bertz CT molecular complexity index is 483. The van der Waals surface area contributed by atoms with Crippen LogP contribution in [0.25, 0.3) is 0 Å². The van der Waals surface area contributed by atoms with E-state index in [2.05, 4.69) is 20.7 Å². The molecule has 0 radical (unpaired) electrons. The van der Waals surface area contributed by atoms with E-state index in [0.29, 0.717) is 0 Å². The summed E-state index contributed by atoms with van der Waals surface area (Å²) in [4.78, 5) is 11.1. The minimum Gasteiger partial charge on any atom is -0.469 e. The van der Waals surface area contributed by atoms with E-state index in [4.69, 9.17) is 5.26 Å². The number of hydrogen-bond donors (Lipinski definition) is 0. The number of rotatable bonds is 3. The molecule has 0 saturated heterocycles. The second-order valence-corrected chi connectivity index (χ2v) is 4.01. The molecular weight excluding hydrogens is 296 g/mol. The SMILES string of the molecule is COC(=O)Cc1c(C#N)ccc(Br)c1C(F)F. The van der Waals surface area contributed by atoms with E-state index in [1.807, 2.05) is 0 Å². The fourth-order valence-electron chi connectivity index (χ4n) is 1.38. The smallest absolute Gasteiger partial charge is 0.310 e. The van der Waals surface area contributed by atoms with Gasteiger partial charge in [-0.2, -0.15) is 5.26 Å². The van der Waals surface area contributed by atoms with Gasteiger partial charge in [0.2, 0.25) is 0 Å². The highest BCUT2D eigenvalue weighted by Crippen LogP contribution is 2.32. The van der Waals surface area contributed by atoms with Gasteiger partial charge in [0, 0.05) is 10.0 Å². The molecule has 0 aliphatic rings. The van der Waals surface area contributed by atoms with Crippen LogP contribution in [0, 0.1) is 11.3 Å². The Kier molecular flexibility index (Phi) is 4.58. The zero-order chi connectivity index (χ0) is 13.0. The summed E-state index contributed by atoms with van der Waals surface area (Å²) in [5.41, 5.74) is -0.285. The lowest BCUT2D eigenvalue weighted by molar-refractivity contribution is -0.139. The van der Waals surface area contributed by atoms with Gasteiger partial charge in [-0.15, -0.1) is 0 Å². The Morgan fingerprint density at radius 1 is 1.59 bits per heavy atom. The lowest BCUT2D eigenvalue weighted by Gasteiger charge is -2.11. The molecule has 0 aromatic heterocycles. The van der Waals surface area contributed by atoms with Crippen molar-refractivity contribution >= 4 is 21.9 Å². The first-order valence-electron chi connectivity index (χ1n) is 4.57. The fourth-order valence-corrected chi connectivity index (χ4v) is 1.93. The van der Waals surface area contributed by atoms with Crippen molar-refractivity contribution in [3.05, 3.63) is 33.3 Å². The maximum Gasteiger partial charge on any atom is 0.310 e. The highest BCUT2D eigenvalue weighted by atomic mass is 79.9. The van der Waals surface area contributed by atoms with Crippen LogP contribution in [-0.4, -0.2) is 13.1 Å². The van der Waals surface area contributed by atoms with Crippen molar-refractivity contribution in [2.24, 2.45) is 0 Å². The summed E-state index contributed by atoms with van der Waals surface area (Å²) in [6.07, 6.45) is -3.12. The monoisotopic (exact) mass is 303 g/mol. The number of ether oxygens (including phenoxy) is 1. The van der Waals surface area contributed by atoms with Crippen molar-refractivity contribution in [3.63, 3.8) is 0 Å². The van der Waals surface area contributed by atoms with Crippen LogP contribution in [0.1, 0.15) is 23.1 Å². The maximum absolute atomic E-state index is 12.9. The number of esters is 1. The molecule has 0 saturated carbocycles. The van der Waals surface area contributed by atoms with Crippen molar-refractivity contribution in [2.75, 3.05) is 7.11 Å². The molecule has 17 heavy (non-hydrogen) atoms. The van der Waals surface area contributed by atoms with Crippen LogP contribution in [-0.2, 0) is 16.0 Å². The largest absolute Gasteiger partial charge is 0.469 e. The Morgan fingerprint density at radius 3 is 2.71 bits per heavy atom. The van der Waals surface area contributed by atoms with Crippen LogP contribution in [0.5, 0.6) is 0 Å². The summed E-state index contributed by atoms with van der Waals surface area (Å²) >= 11 is 2.98. The first-order chi connectivity index (χ1) is 8.01. The Labute approximate surface area is 105 Å². The van der Waals surface area contributed by atoms with Crippen molar-refractivity contribution in [2.45, 2.75) is 12.8 Å². The van der Waals surface area contributed by atoms with Crippen molar-refractivity contribution in [1.82, 2.24) is 0 Å². The molecule has 0 bridgehead atoms. The highest BCUT2D eigenvalue weighted by molar-refractivity contribution is 9.10. The van der Waals surface area contributed by atoms with Gasteiger partial charge in [-0.25, -0.2) is 8.78 Å². The number of carbonyl (C=O) groups is 1. The van der Waals surface area contributed by atoms with Crippen LogP contribution in [0.15, 0.2) is 16.6 Å². The Morgan fingerprint density at radius 2 is 2.24 bits per heavy atom. The number of alkyl halides is 2. The molecule has 1 aromatic rings. The van der Waals surface area contributed by atoms with Crippen LogP contribution < -0.4 is 0 Å². The second kappa shape index (κ2) is 5.73. The zero-order valence-corrected chi connectivity index (χ0v) is 10.4. The average Bonchev–Trinajstić information content (AvgIpc) is 2.28. The molecule has 0 aliphatic carbocycles. The predicted octanol–water partition coefficient (Wildman–Crippen LogP) is 2.97. The number of hydrogen-bond acceptors (Lipinski definition) is 3. The molecule has 0 fully saturated rings. The van der Waals surface area contributed by atoms with E-state index in [0.717, 1.165) is 7.11 Å². The zero-order valence-electron chi connectivity index (χ0n) is 8.84. The second-order valence-electron chi connectivity index (χ2n) is 3.15. The molecule has 0 amide bonds. The molecule has 1 rings (SSSR count). The lowest BCUT2D eigenvalue weighted by Crippen LogP contribution is -2.09. The Hall–Kier alpha value is -1.48. The molecule has 0 unspecified atom stereocenters. The molecule has 0 N–H and O–H groups in total. The molecule has 1 aromatic carbocycles. The van der Waals surface area contributed by atoms with E-state index in [-0.39, 0.29) is 27.6 Å². The predicted molar refractivity (Wildman–Crippen MR) is 59.5 cm³/mol. The van der Waals surface area contributed by atoms with E-state index in [1.165, 1.54) is 12.1 Å². The average molecular weight is 304 g/mol. The van der Waals surface area contributed by atoms with Gasteiger partial charge >= 0.3 is 5.97 Å². The number of nitriles is 1. The fraction of sp³-hybridized carbons (Fsp3) is 0.273. The molecule has 90 valence electrons. The molecule has 6 heteroatoms. The van der Waals surface area contributed by atoms with Crippen molar-refractivity contribution in [1.29, 1.82) is 5.26 Å². The van der Waals surface area contributed by atoms with E-state index in [9.17, 15) is 13.6 Å². The topological polar surface area (TPSA) is 50.1 Å². The summed E-state index contributed by atoms with van der Waals surface area (Å²) in [5.74, 6) is -0.665. The van der Waals surface area contributed by atoms with Gasteiger partial charge in [-0.1, -0.05) is 15.9 Å². The molecule has 0 spiro atoms. The van der Waals surface area contributed by atoms with Crippen molar-refractivity contribution < 1.29 is 18.3 Å². The summed E-state index contributed by atoms with van der Waals surface area (Å²) in [6.45, 7) is 0. The third-order valence-corrected chi connectivity index (χ3v) is 2.88. The first kappa shape index (κ1) is 13.6.